The highest BCUT2D eigenvalue weighted by molar-refractivity contribution is 5.37. The van der Waals surface area contributed by atoms with E-state index in [4.69, 9.17) is 10.4 Å². The quantitative estimate of drug-likeness (QED) is 0.823. The Bertz CT molecular complexity index is 464. The van der Waals surface area contributed by atoms with Crippen molar-refractivity contribution < 1.29 is 27.1 Å². The third-order valence-corrected chi connectivity index (χ3v) is 1.86. The zero-order valence-corrected chi connectivity index (χ0v) is 8.09. The molecule has 0 saturated heterocycles. The van der Waals surface area contributed by atoms with Crippen molar-refractivity contribution in [3.05, 3.63) is 23.0 Å². The molecule has 1 rings (SSSR count). The van der Waals surface area contributed by atoms with Crippen molar-refractivity contribution in [3.8, 4) is 11.8 Å². The van der Waals surface area contributed by atoms with Crippen LogP contribution < -0.4 is 0 Å². The van der Waals surface area contributed by atoms with E-state index in [0.717, 1.165) is 0 Å². The van der Waals surface area contributed by atoms with Crippen molar-refractivity contribution in [2.45, 2.75) is 19.0 Å². The highest BCUT2D eigenvalue weighted by atomic mass is 19.4. The molecule has 0 amide bonds. The van der Waals surface area contributed by atoms with Crippen LogP contribution in [0.1, 0.15) is 23.4 Å². The molecule has 1 aromatic heterocycles. The van der Waals surface area contributed by atoms with Crippen molar-refractivity contribution in [1.29, 1.82) is 5.26 Å². The zero-order chi connectivity index (χ0) is 13.2. The van der Waals surface area contributed by atoms with Crippen molar-refractivity contribution in [2.24, 2.45) is 0 Å². The maximum atomic E-state index is 12.4. The van der Waals surface area contributed by atoms with Gasteiger partial charge in [-0.1, -0.05) is 0 Å². The number of hydrogen-bond acceptors (Lipinski definition) is 3. The summed E-state index contributed by atoms with van der Waals surface area (Å²) in [6.07, 6.45) is -8.77. The molecule has 3 nitrogen and oxygen atoms in total. The van der Waals surface area contributed by atoms with Crippen LogP contribution in [0.15, 0.2) is 6.07 Å². The van der Waals surface area contributed by atoms with Crippen molar-refractivity contribution in [2.75, 3.05) is 0 Å². The molecule has 17 heavy (non-hydrogen) atoms. The summed E-state index contributed by atoms with van der Waals surface area (Å²) in [6.45, 7) is 0. The SMILES string of the molecule is N#CCc1nc(C(F)(F)F)c(O)cc1C(F)F. The molecule has 0 saturated carbocycles. The molecule has 0 aromatic carbocycles. The van der Waals surface area contributed by atoms with Gasteiger partial charge in [0, 0.05) is 5.56 Å². The van der Waals surface area contributed by atoms with Crippen LogP contribution in [0.4, 0.5) is 22.0 Å². The average molecular weight is 252 g/mol. The van der Waals surface area contributed by atoms with Gasteiger partial charge in [-0.25, -0.2) is 13.8 Å². The van der Waals surface area contributed by atoms with Crippen LogP contribution in [0.5, 0.6) is 5.75 Å². The molecule has 0 atom stereocenters. The number of rotatable bonds is 2. The van der Waals surface area contributed by atoms with Crippen LogP contribution >= 0.6 is 0 Å². The van der Waals surface area contributed by atoms with Gasteiger partial charge in [0.1, 0.15) is 5.75 Å². The largest absolute Gasteiger partial charge is 0.506 e. The highest BCUT2D eigenvalue weighted by Crippen LogP contribution is 2.37. The molecular formula is C9H5F5N2O. The van der Waals surface area contributed by atoms with Crippen LogP contribution in [0.25, 0.3) is 0 Å². The van der Waals surface area contributed by atoms with E-state index in [-0.39, 0.29) is 6.07 Å². The number of nitrogens with zero attached hydrogens (tertiary/aromatic N) is 2. The summed E-state index contributed by atoms with van der Waals surface area (Å²) in [6, 6.07) is 1.72. The third kappa shape index (κ3) is 2.81. The number of pyridine rings is 1. The van der Waals surface area contributed by atoms with Crippen LogP contribution in [-0.2, 0) is 12.6 Å². The normalized spacial score (nSPS) is 11.6. The van der Waals surface area contributed by atoms with Gasteiger partial charge in [-0.05, 0) is 6.07 Å². The Morgan fingerprint density at radius 3 is 2.41 bits per heavy atom. The second-order valence-corrected chi connectivity index (χ2v) is 3.03. The molecule has 0 aliphatic rings. The molecule has 0 fully saturated rings. The lowest BCUT2D eigenvalue weighted by Gasteiger charge is -2.12. The number of halogens is 5. The Labute approximate surface area is 92.1 Å². The smallest absolute Gasteiger partial charge is 0.437 e. The van der Waals surface area contributed by atoms with E-state index in [1.807, 2.05) is 0 Å². The summed E-state index contributed by atoms with van der Waals surface area (Å²) in [7, 11) is 0. The van der Waals surface area contributed by atoms with Gasteiger partial charge in [0.15, 0.2) is 5.69 Å². The molecule has 0 bridgehead atoms. The molecule has 0 unspecified atom stereocenters. The molecule has 0 radical (unpaired) electrons. The van der Waals surface area contributed by atoms with E-state index in [9.17, 15) is 22.0 Å². The first-order valence-corrected chi connectivity index (χ1v) is 4.22. The summed E-state index contributed by atoms with van der Waals surface area (Å²) >= 11 is 0. The summed E-state index contributed by atoms with van der Waals surface area (Å²) in [5.74, 6) is -1.38. The predicted molar refractivity (Wildman–Crippen MR) is 45.2 cm³/mol. The predicted octanol–water partition coefficient (Wildman–Crippen LogP) is 2.81. The summed E-state index contributed by atoms with van der Waals surface area (Å²) in [5, 5.41) is 17.3. The van der Waals surface area contributed by atoms with E-state index in [1.165, 1.54) is 6.07 Å². The molecule has 92 valence electrons. The number of nitriles is 1. The molecule has 0 spiro atoms. The van der Waals surface area contributed by atoms with Gasteiger partial charge < -0.3 is 5.11 Å². The maximum absolute atomic E-state index is 12.4. The number of hydrogen-bond donors (Lipinski definition) is 1. The Balaban J connectivity index is 3.41. The Morgan fingerprint density at radius 1 is 1.41 bits per heavy atom. The van der Waals surface area contributed by atoms with Gasteiger partial charge in [0.2, 0.25) is 0 Å². The monoisotopic (exact) mass is 252 g/mol. The second-order valence-electron chi connectivity index (χ2n) is 3.03. The maximum Gasteiger partial charge on any atom is 0.437 e. The van der Waals surface area contributed by atoms with Gasteiger partial charge in [-0.2, -0.15) is 18.4 Å². The average Bonchev–Trinajstić information content (AvgIpc) is 2.18. The standard InChI is InChI=1S/C9H5F5N2O/c10-8(11)4-3-6(17)7(9(12,13)14)16-5(4)1-2-15/h3,8,17H,1H2. The van der Waals surface area contributed by atoms with Gasteiger partial charge in [-0.3, -0.25) is 0 Å². The molecule has 0 aliphatic heterocycles. The minimum Gasteiger partial charge on any atom is -0.506 e. The third-order valence-electron chi connectivity index (χ3n) is 1.86. The number of aromatic hydroxyl groups is 1. The zero-order valence-electron chi connectivity index (χ0n) is 8.09. The van der Waals surface area contributed by atoms with Crippen molar-refractivity contribution in [1.82, 2.24) is 4.98 Å². The fraction of sp³-hybridized carbons (Fsp3) is 0.333. The molecule has 1 N–H and O–H groups in total. The van der Waals surface area contributed by atoms with Crippen LogP contribution in [0.2, 0.25) is 0 Å². The minimum absolute atomic E-state index is 0.285. The summed E-state index contributed by atoms with van der Waals surface area (Å²) in [4.78, 5) is 2.88. The lowest BCUT2D eigenvalue weighted by atomic mass is 10.1. The van der Waals surface area contributed by atoms with Crippen LogP contribution in [0.3, 0.4) is 0 Å². The minimum atomic E-state index is -4.96. The van der Waals surface area contributed by atoms with Crippen molar-refractivity contribution in [3.63, 3.8) is 0 Å². The van der Waals surface area contributed by atoms with E-state index < -0.39 is 41.7 Å². The molecule has 1 heterocycles. The van der Waals surface area contributed by atoms with Gasteiger partial charge in [0.05, 0.1) is 18.2 Å². The first kappa shape index (κ1) is 13.2. The Kier molecular flexibility index (Phi) is 3.50. The van der Waals surface area contributed by atoms with Crippen molar-refractivity contribution >= 4 is 0 Å². The van der Waals surface area contributed by atoms with Crippen LogP contribution in [-0.4, -0.2) is 10.1 Å². The molecule has 8 heteroatoms. The van der Waals surface area contributed by atoms with Gasteiger partial charge in [-0.15, -0.1) is 0 Å². The molecule has 0 aliphatic carbocycles. The topological polar surface area (TPSA) is 56.9 Å². The van der Waals surface area contributed by atoms with Gasteiger partial charge >= 0.3 is 6.18 Å². The number of aromatic nitrogens is 1. The lowest BCUT2D eigenvalue weighted by Crippen LogP contribution is -2.12. The Hall–Kier alpha value is -1.91. The van der Waals surface area contributed by atoms with Gasteiger partial charge in [0.25, 0.3) is 6.43 Å². The first-order valence-electron chi connectivity index (χ1n) is 4.22. The first-order chi connectivity index (χ1) is 7.77. The summed E-state index contributed by atoms with van der Waals surface area (Å²) in [5.41, 5.74) is -3.24. The highest BCUT2D eigenvalue weighted by Gasteiger charge is 2.37. The van der Waals surface area contributed by atoms with Crippen LogP contribution in [0, 0.1) is 11.3 Å². The molecule has 1 aromatic rings. The van der Waals surface area contributed by atoms with E-state index in [0.29, 0.717) is 0 Å². The fourth-order valence-electron chi connectivity index (χ4n) is 1.17. The second kappa shape index (κ2) is 4.53. The lowest BCUT2D eigenvalue weighted by molar-refractivity contribution is -0.142. The fourth-order valence-corrected chi connectivity index (χ4v) is 1.17. The summed E-state index contributed by atoms with van der Waals surface area (Å²) < 4.78 is 61.8. The number of alkyl halides is 5. The van der Waals surface area contributed by atoms with E-state index in [1.54, 1.807) is 0 Å². The Morgan fingerprint density at radius 2 is 2.00 bits per heavy atom. The van der Waals surface area contributed by atoms with E-state index in [2.05, 4.69) is 4.98 Å². The van der Waals surface area contributed by atoms with E-state index >= 15 is 0 Å². The molecular weight excluding hydrogens is 247 g/mol.